The minimum Gasteiger partial charge on any atom is -0.490 e. The predicted octanol–water partition coefficient (Wildman–Crippen LogP) is 4.03. The van der Waals surface area contributed by atoms with Gasteiger partial charge >= 0.3 is 0 Å². The number of benzene rings is 1. The van der Waals surface area contributed by atoms with Gasteiger partial charge in [0.2, 0.25) is 5.75 Å². The zero-order valence-corrected chi connectivity index (χ0v) is 16.1. The molecule has 1 aromatic rings. The number of amides is 1. The monoisotopic (exact) mass is 350 g/mol. The van der Waals surface area contributed by atoms with Gasteiger partial charge in [-0.1, -0.05) is 13.8 Å². The third-order valence-electron chi connectivity index (χ3n) is 3.22. The summed E-state index contributed by atoms with van der Waals surface area (Å²) in [4.78, 5) is 12.4. The molecule has 0 radical (unpaired) electrons. The van der Waals surface area contributed by atoms with Crippen LogP contribution in [-0.4, -0.2) is 31.4 Å². The first-order chi connectivity index (χ1) is 11.9. The third kappa shape index (κ3) is 6.64. The average Bonchev–Trinajstić information content (AvgIpc) is 2.55. The number of rotatable bonds is 10. The highest BCUT2D eigenvalue weighted by Crippen LogP contribution is 2.39. The van der Waals surface area contributed by atoms with Crippen molar-refractivity contribution >= 4 is 11.6 Å². The van der Waals surface area contributed by atoms with Crippen molar-refractivity contribution in [2.75, 3.05) is 19.8 Å². The van der Waals surface area contributed by atoms with Crippen LogP contribution in [-0.2, 0) is 0 Å². The summed E-state index contributed by atoms with van der Waals surface area (Å²) in [7, 11) is 0. The van der Waals surface area contributed by atoms with Gasteiger partial charge in [0.15, 0.2) is 11.5 Å². The Morgan fingerprint density at radius 3 is 2.00 bits per heavy atom. The molecule has 0 spiro atoms. The van der Waals surface area contributed by atoms with E-state index in [4.69, 9.17) is 14.2 Å². The topological polar surface area (TPSA) is 69.2 Å². The zero-order chi connectivity index (χ0) is 18.8. The molecule has 1 amide bonds. The van der Waals surface area contributed by atoms with E-state index in [1.165, 1.54) is 0 Å². The summed E-state index contributed by atoms with van der Waals surface area (Å²) in [5, 5.41) is 4.15. The Kier molecular flexibility index (Phi) is 8.81. The predicted molar refractivity (Wildman–Crippen MR) is 100.0 cm³/mol. The Hall–Kier alpha value is -2.24. The van der Waals surface area contributed by atoms with Gasteiger partial charge in [-0.3, -0.25) is 4.79 Å². The fourth-order valence-corrected chi connectivity index (χ4v) is 2.37. The smallest absolute Gasteiger partial charge is 0.271 e. The lowest BCUT2D eigenvalue weighted by Gasteiger charge is -2.16. The minimum atomic E-state index is -0.312. The van der Waals surface area contributed by atoms with Gasteiger partial charge < -0.3 is 14.2 Å². The van der Waals surface area contributed by atoms with Crippen molar-refractivity contribution in [1.82, 2.24) is 5.43 Å². The molecule has 0 aromatic heterocycles. The molecule has 1 aromatic carbocycles. The largest absolute Gasteiger partial charge is 0.490 e. The molecule has 0 saturated carbocycles. The summed E-state index contributed by atoms with van der Waals surface area (Å²) >= 11 is 0. The summed E-state index contributed by atoms with van der Waals surface area (Å²) in [6.07, 6.45) is 0.831. The van der Waals surface area contributed by atoms with Crippen molar-refractivity contribution in [3.63, 3.8) is 0 Å². The van der Waals surface area contributed by atoms with Crippen molar-refractivity contribution in [1.29, 1.82) is 0 Å². The van der Waals surface area contributed by atoms with Gasteiger partial charge in [-0.2, -0.15) is 5.10 Å². The molecule has 6 heteroatoms. The lowest BCUT2D eigenvalue weighted by molar-refractivity contribution is 0.0953. The van der Waals surface area contributed by atoms with E-state index < -0.39 is 0 Å². The van der Waals surface area contributed by atoms with Crippen LogP contribution >= 0.6 is 0 Å². The summed E-state index contributed by atoms with van der Waals surface area (Å²) in [5.74, 6) is 1.67. The van der Waals surface area contributed by atoms with Crippen LogP contribution < -0.4 is 19.6 Å². The summed E-state index contributed by atoms with van der Waals surface area (Å²) in [5.41, 5.74) is 3.88. The molecule has 0 atom stereocenters. The number of nitrogens with zero attached hydrogens (tertiary/aromatic N) is 1. The number of hydrogen-bond acceptors (Lipinski definition) is 5. The van der Waals surface area contributed by atoms with E-state index in [1.54, 1.807) is 12.1 Å². The van der Waals surface area contributed by atoms with Gasteiger partial charge in [0.05, 0.1) is 19.8 Å². The van der Waals surface area contributed by atoms with Gasteiger partial charge in [-0.25, -0.2) is 5.43 Å². The highest BCUT2D eigenvalue weighted by atomic mass is 16.5. The molecular weight excluding hydrogens is 320 g/mol. The van der Waals surface area contributed by atoms with Crippen LogP contribution in [0.3, 0.4) is 0 Å². The van der Waals surface area contributed by atoms with Gasteiger partial charge in [-0.05, 0) is 52.2 Å². The van der Waals surface area contributed by atoms with Crippen molar-refractivity contribution in [3.8, 4) is 17.2 Å². The van der Waals surface area contributed by atoms with Crippen molar-refractivity contribution in [2.45, 2.75) is 48.0 Å². The molecular formula is C19H30N2O4. The molecule has 0 aliphatic carbocycles. The first-order valence-corrected chi connectivity index (χ1v) is 8.82. The van der Waals surface area contributed by atoms with Crippen LogP contribution in [0.25, 0.3) is 0 Å². The molecule has 6 nitrogen and oxygen atoms in total. The Labute approximate surface area is 150 Å². The van der Waals surface area contributed by atoms with Crippen LogP contribution in [0.1, 0.15) is 58.3 Å². The Morgan fingerprint density at radius 1 is 1.04 bits per heavy atom. The maximum atomic E-state index is 12.4. The number of ether oxygens (including phenoxy) is 3. The second-order valence-corrected chi connectivity index (χ2v) is 5.99. The van der Waals surface area contributed by atoms with Crippen LogP contribution in [0, 0.1) is 5.92 Å². The highest BCUT2D eigenvalue weighted by molar-refractivity contribution is 5.96. The van der Waals surface area contributed by atoms with E-state index in [9.17, 15) is 4.79 Å². The summed E-state index contributed by atoms with van der Waals surface area (Å²) in [6.45, 7) is 13.2. The average molecular weight is 350 g/mol. The molecule has 0 aliphatic heterocycles. The molecule has 0 aliphatic rings. The maximum absolute atomic E-state index is 12.4. The van der Waals surface area contributed by atoms with Gasteiger partial charge in [0.1, 0.15) is 0 Å². The van der Waals surface area contributed by atoms with Crippen LogP contribution in [0.4, 0.5) is 0 Å². The fraction of sp³-hybridized carbons (Fsp3) is 0.579. The lowest BCUT2D eigenvalue weighted by atomic mass is 10.1. The number of hydrazone groups is 1. The quantitative estimate of drug-likeness (QED) is 0.511. The van der Waals surface area contributed by atoms with Gasteiger partial charge in [-0.15, -0.1) is 0 Å². The molecule has 0 heterocycles. The normalized spacial score (nSPS) is 11.4. The Balaban J connectivity index is 3.10. The Morgan fingerprint density at radius 2 is 1.56 bits per heavy atom. The molecule has 0 saturated heterocycles. The van der Waals surface area contributed by atoms with Gasteiger partial charge in [0, 0.05) is 11.3 Å². The first kappa shape index (κ1) is 20.8. The number of carbonyl (C=O) groups excluding carboxylic acids is 1. The van der Waals surface area contributed by atoms with Crippen molar-refractivity contribution in [2.24, 2.45) is 11.0 Å². The first-order valence-electron chi connectivity index (χ1n) is 8.82. The molecule has 1 N–H and O–H groups in total. The van der Waals surface area contributed by atoms with Crippen LogP contribution in [0.2, 0.25) is 0 Å². The maximum Gasteiger partial charge on any atom is 0.271 e. The zero-order valence-electron chi connectivity index (χ0n) is 16.1. The molecule has 0 bridgehead atoms. The van der Waals surface area contributed by atoms with E-state index >= 15 is 0 Å². The standard InChI is InChI=1S/C19H30N2O4/c1-7-23-16-11-15(12-17(24-8-2)18(16)25-9-3)19(22)21-20-14(6)10-13(4)5/h11-13H,7-10H2,1-6H3,(H,21,22)/b20-14+. The van der Waals surface area contributed by atoms with E-state index in [2.05, 4.69) is 24.4 Å². The highest BCUT2D eigenvalue weighted by Gasteiger charge is 2.18. The summed E-state index contributed by atoms with van der Waals surface area (Å²) in [6, 6.07) is 3.30. The Bertz CT molecular complexity index is 570. The number of nitrogens with one attached hydrogen (secondary N) is 1. The number of carbonyl (C=O) groups is 1. The summed E-state index contributed by atoms with van der Waals surface area (Å²) < 4.78 is 16.9. The molecule has 25 heavy (non-hydrogen) atoms. The lowest BCUT2D eigenvalue weighted by Crippen LogP contribution is -2.20. The van der Waals surface area contributed by atoms with Gasteiger partial charge in [0.25, 0.3) is 5.91 Å². The molecule has 140 valence electrons. The molecule has 0 unspecified atom stereocenters. The second-order valence-electron chi connectivity index (χ2n) is 5.99. The van der Waals surface area contributed by atoms with E-state index in [-0.39, 0.29) is 5.91 Å². The molecule has 1 rings (SSSR count). The SMILES string of the molecule is CCOc1cc(C(=O)N/N=C(\C)CC(C)C)cc(OCC)c1OCC. The van der Waals surface area contributed by atoms with E-state index in [1.807, 2.05) is 27.7 Å². The fourth-order valence-electron chi connectivity index (χ4n) is 2.37. The minimum absolute atomic E-state index is 0.312. The van der Waals surface area contributed by atoms with Crippen LogP contribution in [0.5, 0.6) is 17.2 Å². The van der Waals surface area contributed by atoms with E-state index in [0.29, 0.717) is 48.6 Å². The van der Waals surface area contributed by atoms with Crippen molar-refractivity contribution in [3.05, 3.63) is 17.7 Å². The van der Waals surface area contributed by atoms with Crippen LogP contribution in [0.15, 0.2) is 17.2 Å². The van der Waals surface area contributed by atoms with Crippen molar-refractivity contribution < 1.29 is 19.0 Å². The third-order valence-corrected chi connectivity index (χ3v) is 3.22. The molecule has 0 fully saturated rings. The van der Waals surface area contributed by atoms with E-state index in [0.717, 1.165) is 12.1 Å². The second kappa shape index (κ2) is 10.6. The number of hydrogen-bond donors (Lipinski definition) is 1.